The van der Waals surface area contributed by atoms with Gasteiger partial charge < -0.3 is 31.3 Å². The number of fused-ring (bicyclic) bond motifs is 15. The fourth-order valence-electron chi connectivity index (χ4n) is 5.37. The van der Waals surface area contributed by atoms with Crippen molar-refractivity contribution in [2.45, 2.75) is 61.2 Å². The van der Waals surface area contributed by atoms with Crippen LogP contribution >= 0.6 is 0 Å². The average Bonchev–Trinajstić information content (AvgIpc) is 3.86. The molecule has 1 fully saturated rings. The number of rotatable bonds is 5. The van der Waals surface area contributed by atoms with Gasteiger partial charge in [0.2, 0.25) is 23.6 Å². The van der Waals surface area contributed by atoms with E-state index in [2.05, 4.69) is 26.6 Å². The highest BCUT2D eigenvalue weighted by molar-refractivity contribution is 7.90. The Hall–Kier alpha value is -5.24. The van der Waals surface area contributed by atoms with Crippen molar-refractivity contribution in [3.63, 3.8) is 0 Å². The molecular weight excluding hydrogens is 650 g/mol. The summed E-state index contributed by atoms with van der Waals surface area (Å²) in [5, 5.41) is 13.7. The lowest BCUT2D eigenvalue weighted by atomic mass is 10.0. The van der Waals surface area contributed by atoms with Crippen molar-refractivity contribution < 1.29 is 37.1 Å². The molecule has 2 aliphatic heterocycles. The number of sulfone groups is 1. The Morgan fingerprint density at radius 1 is 0.898 bits per heavy atom. The van der Waals surface area contributed by atoms with Crippen LogP contribution in [0.4, 0.5) is 0 Å². The third-order valence-corrected chi connectivity index (χ3v) is 9.49. The number of ether oxygens (including phenoxy) is 1. The second kappa shape index (κ2) is 14.9. The van der Waals surface area contributed by atoms with Crippen molar-refractivity contribution in [2.75, 3.05) is 19.4 Å². The highest BCUT2D eigenvalue weighted by Crippen LogP contribution is 2.35. The van der Waals surface area contributed by atoms with E-state index in [1.165, 1.54) is 31.2 Å². The fourth-order valence-corrected chi connectivity index (χ4v) is 6.04. The predicted octanol–water partition coefficient (Wildman–Crippen LogP) is 0.821. The van der Waals surface area contributed by atoms with Gasteiger partial charge in [0.1, 0.15) is 36.0 Å². The first-order valence-corrected chi connectivity index (χ1v) is 17.8. The molecule has 1 aliphatic carbocycles. The Morgan fingerprint density at radius 2 is 1.61 bits per heavy atom. The minimum absolute atomic E-state index is 0.0230. The van der Waals surface area contributed by atoms with Gasteiger partial charge in [-0.25, -0.2) is 8.42 Å². The number of carbonyl (C=O) groups is 5. The minimum atomic E-state index is -3.60. The van der Waals surface area contributed by atoms with Gasteiger partial charge in [-0.3, -0.25) is 24.0 Å². The summed E-state index contributed by atoms with van der Waals surface area (Å²) < 4.78 is 29.9. The second-order valence-corrected chi connectivity index (χ2v) is 14.3. The molecule has 3 aliphatic rings. The molecule has 49 heavy (non-hydrogen) atoms. The quantitative estimate of drug-likeness (QED) is 0.244. The molecule has 2 bridgehead atoms. The first-order chi connectivity index (χ1) is 23.3. The van der Waals surface area contributed by atoms with Crippen molar-refractivity contribution in [1.29, 1.82) is 0 Å². The van der Waals surface area contributed by atoms with E-state index in [0.29, 0.717) is 24.2 Å². The Balaban J connectivity index is 1.40. The Morgan fingerprint density at radius 3 is 2.29 bits per heavy atom. The van der Waals surface area contributed by atoms with Gasteiger partial charge >= 0.3 is 0 Å². The van der Waals surface area contributed by atoms with E-state index in [4.69, 9.17) is 4.74 Å². The van der Waals surface area contributed by atoms with Crippen molar-refractivity contribution >= 4 is 39.4 Å². The lowest BCUT2D eigenvalue weighted by molar-refractivity contribution is -0.134. The molecule has 5 N–H and O–H groups in total. The number of amides is 5. The molecule has 3 aromatic carbocycles. The third-order valence-electron chi connectivity index (χ3n) is 8.38. The molecule has 258 valence electrons. The molecule has 3 aromatic rings. The van der Waals surface area contributed by atoms with E-state index in [0.717, 1.165) is 11.8 Å². The zero-order valence-corrected chi connectivity index (χ0v) is 28.0. The van der Waals surface area contributed by atoms with Gasteiger partial charge in [0.15, 0.2) is 9.84 Å². The van der Waals surface area contributed by atoms with Crippen LogP contribution in [-0.2, 0) is 41.9 Å². The smallest absolute Gasteiger partial charge is 0.251 e. The van der Waals surface area contributed by atoms with Gasteiger partial charge in [-0.2, -0.15) is 0 Å². The highest BCUT2D eigenvalue weighted by atomic mass is 32.2. The lowest BCUT2D eigenvalue weighted by Crippen LogP contribution is -2.59. The van der Waals surface area contributed by atoms with Crippen molar-refractivity contribution in [2.24, 2.45) is 0 Å². The molecule has 1 spiro atoms. The second-order valence-electron chi connectivity index (χ2n) is 12.3. The largest absolute Gasteiger partial charge is 0.492 e. The minimum Gasteiger partial charge on any atom is -0.492 e. The first-order valence-electron chi connectivity index (χ1n) is 15.9. The summed E-state index contributed by atoms with van der Waals surface area (Å²) >= 11 is 0. The first kappa shape index (κ1) is 35.1. The van der Waals surface area contributed by atoms with E-state index >= 15 is 0 Å². The van der Waals surface area contributed by atoms with Crippen molar-refractivity contribution in [1.82, 2.24) is 26.6 Å². The summed E-state index contributed by atoms with van der Waals surface area (Å²) in [5.41, 5.74) is 0.374. The summed E-state index contributed by atoms with van der Waals surface area (Å²) in [6.07, 6.45) is 2.06. The van der Waals surface area contributed by atoms with Gasteiger partial charge in [0.05, 0.1) is 11.4 Å². The van der Waals surface area contributed by atoms with Gasteiger partial charge in [-0.15, -0.1) is 0 Å². The Kier molecular flexibility index (Phi) is 10.7. The number of hydrogen-bond donors (Lipinski definition) is 5. The van der Waals surface area contributed by atoms with Crippen LogP contribution in [0.5, 0.6) is 5.75 Å². The molecule has 3 atom stereocenters. The van der Waals surface area contributed by atoms with Gasteiger partial charge in [0, 0.05) is 24.7 Å². The van der Waals surface area contributed by atoms with Crippen LogP contribution in [0.3, 0.4) is 0 Å². The summed E-state index contributed by atoms with van der Waals surface area (Å²) in [6.45, 7) is 1.80. The van der Waals surface area contributed by atoms with Gasteiger partial charge in [-0.05, 0) is 61.2 Å². The molecule has 0 radical (unpaired) electrons. The predicted molar refractivity (Wildman–Crippen MR) is 179 cm³/mol. The van der Waals surface area contributed by atoms with E-state index in [9.17, 15) is 32.4 Å². The SMILES string of the molecule is C[C@@H]1NC(=O)[C@@H](NC(=O)c2cccc(S(C)(=O)=O)c2)Cc2ccc(cc2)OCCNC(=O)C2(CC2)NC(=O)[C@@H](Cc2ccccc2)NC1=O. The van der Waals surface area contributed by atoms with Gasteiger partial charge in [0.25, 0.3) is 5.91 Å². The molecule has 14 heteroatoms. The molecule has 13 nitrogen and oxygen atoms in total. The summed E-state index contributed by atoms with van der Waals surface area (Å²) in [7, 11) is -3.60. The molecular formula is C35H39N5O8S. The molecule has 2 heterocycles. The van der Waals surface area contributed by atoms with E-state index in [1.807, 2.05) is 18.2 Å². The lowest BCUT2D eigenvalue weighted by Gasteiger charge is -2.25. The van der Waals surface area contributed by atoms with Crippen LogP contribution in [-0.4, -0.2) is 81.0 Å². The number of hydrogen-bond acceptors (Lipinski definition) is 8. The molecule has 0 unspecified atom stereocenters. The average molecular weight is 690 g/mol. The molecule has 0 saturated heterocycles. The normalized spacial score (nSPS) is 21.7. The van der Waals surface area contributed by atoms with Crippen molar-refractivity contribution in [3.8, 4) is 5.75 Å². The summed E-state index contributed by atoms with van der Waals surface area (Å²) in [4.78, 5) is 67.0. The zero-order valence-electron chi connectivity index (χ0n) is 27.2. The van der Waals surface area contributed by atoms with Crippen LogP contribution in [0.2, 0.25) is 0 Å². The maximum Gasteiger partial charge on any atom is 0.251 e. The van der Waals surface area contributed by atoms with Crippen LogP contribution < -0.4 is 31.3 Å². The highest BCUT2D eigenvalue weighted by Gasteiger charge is 2.51. The Labute approximate surface area is 284 Å². The van der Waals surface area contributed by atoms with Crippen molar-refractivity contribution in [3.05, 3.63) is 95.6 Å². The molecule has 5 amide bonds. The third kappa shape index (κ3) is 9.22. The van der Waals surface area contributed by atoms with Crippen LogP contribution in [0.15, 0.2) is 83.8 Å². The van der Waals surface area contributed by atoms with Gasteiger partial charge in [-0.1, -0.05) is 48.5 Å². The number of benzene rings is 3. The summed E-state index contributed by atoms with van der Waals surface area (Å²) in [6, 6.07) is 18.0. The van der Waals surface area contributed by atoms with E-state index < -0.39 is 57.1 Å². The zero-order chi connectivity index (χ0) is 35.2. The Bertz CT molecular complexity index is 1830. The van der Waals surface area contributed by atoms with E-state index in [1.54, 1.807) is 36.4 Å². The molecule has 6 rings (SSSR count). The maximum atomic E-state index is 13.7. The van der Waals surface area contributed by atoms with Crippen LogP contribution in [0.25, 0.3) is 0 Å². The van der Waals surface area contributed by atoms with Crippen LogP contribution in [0.1, 0.15) is 41.3 Å². The summed E-state index contributed by atoms with van der Waals surface area (Å²) in [5.74, 6) is -2.39. The number of nitrogens with one attached hydrogen (secondary N) is 5. The fraction of sp³-hybridized carbons (Fsp3) is 0.343. The van der Waals surface area contributed by atoms with Crippen LogP contribution in [0, 0.1) is 0 Å². The maximum absolute atomic E-state index is 13.7. The van der Waals surface area contributed by atoms with E-state index in [-0.39, 0.29) is 42.4 Å². The topological polar surface area (TPSA) is 189 Å². The standard InChI is InChI=1S/C35H39N5O8S/c1-22-30(41)38-29(19-23-7-4-3-5-8-23)33(44)40-35(15-16-35)34(45)36-17-18-48-26-13-11-24(12-14-26)20-28(32(43)37-22)39-31(42)25-9-6-10-27(21-25)49(2,46)47/h3-14,21-22,28-29H,15-20H2,1-2H3,(H,36,45)(H,37,43)(H,38,41)(H,39,42)(H,40,44)/t22-,28-,29+/m0/s1. The molecule has 1 saturated carbocycles. The number of carbonyl (C=O) groups excluding carboxylic acids is 5. The molecule has 0 aromatic heterocycles. The monoisotopic (exact) mass is 689 g/mol.